The minimum absolute atomic E-state index is 0.218. The third-order valence-corrected chi connectivity index (χ3v) is 1.47. The van der Waals surface area contributed by atoms with Crippen LogP contribution in [0.25, 0.3) is 0 Å². The fraction of sp³-hybridized carbons (Fsp3) is 0.100. The van der Waals surface area contributed by atoms with Crippen LogP contribution in [0.5, 0.6) is 5.75 Å². The smallest absolute Gasteiger partial charge is 0.382 e. The van der Waals surface area contributed by atoms with Crippen molar-refractivity contribution in [3.05, 3.63) is 29.6 Å². The van der Waals surface area contributed by atoms with Crippen molar-refractivity contribution in [3.63, 3.8) is 0 Å². The Hall–Kier alpha value is -2.02. The number of carboxylic acid groups (broad SMARTS) is 1. The Bertz CT molecular complexity index is 415. The van der Waals surface area contributed by atoms with E-state index in [0.29, 0.717) is 5.75 Å². The Morgan fingerprint density at radius 1 is 1.57 bits per heavy atom. The molecule has 0 saturated heterocycles. The normalized spacial score (nSPS) is 8.71. The molecule has 0 heterocycles. The molecule has 0 radical (unpaired) electrons. The van der Waals surface area contributed by atoms with Crippen LogP contribution in [0.2, 0.25) is 0 Å². The average Bonchev–Trinajstić information content (AvgIpc) is 2.15. The molecule has 0 aliphatic carbocycles. The first-order valence-corrected chi connectivity index (χ1v) is 3.72. The van der Waals surface area contributed by atoms with Crippen molar-refractivity contribution in [2.75, 3.05) is 7.11 Å². The maximum absolute atomic E-state index is 12.7. The molecular formula is C10H7FO3. The lowest BCUT2D eigenvalue weighted by Gasteiger charge is -2.01. The SMILES string of the molecule is COc1ccc(F)cc1C#CC(=O)O. The molecule has 1 rings (SSSR count). The summed E-state index contributed by atoms with van der Waals surface area (Å²) in [6, 6.07) is 3.72. The van der Waals surface area contributed by atoms with Crippen molar-refractivity contribution < 1.29 is 19.0 Å². The van der Waals surface area contributed by atoms with Crippen molar-refractivity contribution in [1.82, 2.24) is 0 Å². The lowest BCUT2D eigenvalue weighted by atomic mass is 10.2. The van der Waals surface area contributed by atoms with E-state index in [4.69, 9.17) is 9.84 Å². The Balaban J connectivity index is 3.13. The minimum atomic E-state index is -1.27. The third-order valence-electron chi connectivity index (χ3n) is 1.47. The van der Waals surface area contributed by atoms with Gasteiger partial charge in [-0.1, -0.05) is 5.92 Å². The zero-order chi connectivity index (χ0) is 10.6. The van der Waals surface area contributed by atoms with Gasteiger partial charge < -0.3 is 9.84 Å². The fourth-order valence-corrected chi connectivity index (χ4v) is 0.899. The Labute approximate surface area is 80.1 Å². The quantitative estimate of drug-likeness (QED) is 0.685. The third kappa shape index (κ3) is 2.49. The second-order valence-corrected chi connectivity index (χ2v) is 2.40. The highest BCUT2D eigenvalue weighted by molar-refractivity contribution is 5.87. The monoisotopic (exact) mass is 194 g/mol. The standard InChI is InChI=1S/C10H7FO3/c1-14-9-4-3-8(11)6-7(9)2-5-10(12)13/h3-4,6H,1H3,(H,12,13). The summed E-state index contributed by atoms with van der Waals surface area (Å²) < 4.78 is 17.6. The molecule has 0 fully saturated rings. The molecule has 0 amide bonds. The predicted molar refractivity (Wildman–Crippen MR) is 47.5 cm³/mol. The zero-order valence-corrected chi connectivity index (χ0v) is 7.37. The van der Waals surface area contributed by atoms with Crippen LogP contribution >= 0.6 is 0 Å². The molecule has 0 atom stereocenters. The van der Waals surface area contributed by atoms with Crippen molar-refractivity contribution in [2.45, 2.75) is 0 Å². The van der Waals surface area contributed by atoms with Crippen molar-refractivity contribution in [1.29, 1.82) is 0 Å². The fourth-order valence-electron chi connectivity index (χ4n) is 0.899. The van der Waals surface area contributed by atoms with Crippen LogP contribution in [0, 0.1) is 17.7 Å². The second kappa shape index (κ2) is 4.28. The van der Waals surface area contributed by atoms with Crippen LogP contribution in [0.15, 0.2) is 18.2 Å². The molecule has 1 aromatic carbocycles. The molecule has 4 heteroatoms. The van der Waals surface area contributed by atoms with Gasteiger partial charge in [-0.05, 0) is 18.2 Å². The summed E-state index contributed by atoms with van der Waals surface area (Å²) in [5.74, 6) is 2.77. The van der Waals surface area contributed by atoms with Gasteiger partial charge in [0.25, 0.3) is 0 Å². The highest BCUT2D eigenvalue weighted by Crippen LogP contribution is 2.17. The van der Waals surface area contributed by atoms with Gasteiger partial charge in [-0.2, -0.15) is 0 Å². The molecule has 0 unspecified atom stereocenters. The number of hydrogen-bond acceptors (Lipinski definition) is 2. The summed E-state index contributed by atoms with van der Waals surface area (Å²) >= 11 is 0. The highest BCUT2D eigenvalue weighted by Gasteiger charge is 2.01. The van der Waals surface area contributed by atoms with E-state index in [9.17, 15) is 9.18 Å². The molecule has 3 nitrogen and oxygen atoms in total. The molecule has 0 aliphatic rings. The molecule has 0 bridgehead atoms. The Morgan fingerprint density at radius 2 is 2.29 bits per heavy atom. The molecule has 0 spiro atoms. The van der Waals surface area contributed by atoms with Crippen molar-refractivity contribution in [2.24, 2.45) is 0 Å². The molecule has 72 valence electrons. The number of aliphatic carboxylic acids is 1. The lowest BCUT2D eigenvalue weighted by molar-refractivity contribution is -0.130. The van der Waals surface area contributed by atoms with E-state index in [2.05, 4.69) is 5.92 Å². The van der Waals surface area contributed by atoms with E-state index in [1.807, 2.05) is 5.92 Å². The average molecular weight is 194 g/mol. The van der Waals surface area contributed by atoms with Gasteiger partial charge in [0.2, 0.25) is 0 Å². The number of ether oxygens (including phenoxy) is 1. The van der Waals surface area contributed by atoms with Crippen molar-refractivity contribution in [3.8, 4) is 17.6 Å². The lowest BCUT2D eigenvalue weighted by Crippen LogP contribution is -1.91. The molecule has 1 aromatic rings. The predicted octanol–water partition coefficient (Wildman–Crippen LogP) is 1.27. The van der Waals surface area contributed by atoms with Crippen molar-refractivity contribution >= 4 is 5.97 Å². The first-order chi connectivity index (χ1) is 6.63. The first-order valence-electron chi connectivity index (χ1n) is 3.72. The molecule has 1 N–H and O–H groups in total. The summed E-state index contributed by atoms with van der Waals surface area (Å²) in [5.41, 5.74) is 0.218. The van der Waals surface area contributed by atoms with Crippen LogP contribution in [0.4, 0.5) is 4.39 Å². The molecular weight excluding hydrogens is 187 g/mol. The minimum Gasteiger partial charge on any atom is -0.495 e. The van der Waals surface area contributed by atoms with E-state index >= 15 is 0 Å². The molecule has 0 aromatic heterocycles. The molecule has 14 heavy (non-hydrogen) atoms. The van der Waals surface area contributed by atoms with Crippen LogP contribution in [0.1, 0.15) is 5.56 Å². The number of benzene rings is 1. The van der Waals surface area contributed by atoms with E-state index in [-0.39, 0.29) is 5.56 Å². The summed E-state index contributed by atoms with van der Waals surface area (Å²) in [5, 5.41) is 8.30. The van der Waals surface area contributed by atoms with Gasteiger partial charge >= 0.3 is 5.97 Å². The van der Waals surface area contributed by atoms with E-state index in [1.54, 1.807) is 0 Å². The maximum Gasteiger partial charge on any atom is 0.382 e. The Kier molecular flexibility index (Phi) is 3.08. The van der Waals surface area contributed by atoms with E-state index in [1.165, 1.54) is 19.2 Å². The maximum atomic E-state index is 12.7. The summed E-state index contributed by atoms with van der Waals surface area (Å²) in [4.78, 5) is 10.1. The van der Waals surface area contributed by atoms with Crippen LogP contribution in [0.3, 0.4) is 0 Å². The van der Waals surface area contributed by atoms with Gasteiger partial charge in [0, 0.05) is 5.92 Å². The largest absolute Gasteiger partial charge is 0.495 e. The summed E-state index contributed by atoms with van der Waals surface area (Å²) in [6.07, 6.45) is 0. The van der Waals surface area contributed by atoms with Crippen LogP contribution in [-0.4, -0.2) is 18.2 Å². The van der Waals surface area contributed by atoms with E-state index < -0.39 is 11.8 Å². The molecule has 0 saturated carbocycles. The number of carboxylic acids is 1. The second-order valence-electron chi connectivity index (χ2n) is 2.40. The Morgan fingerprint density at radius 3 is 2.86 bits per heavy atom. The van der Waals surface area contributed by atoms with Gasteiger partial charge in [0.15, 0.2) is 0 Å². The van der Waals surface area contributed by atoms with Gasteiger partial charge in [0.05, 0.1) is 12.7 Å². The number of halogens is 1. The van der Waals surface area contributed by atoms with Gasteiger partial charge in [-0.3, -0.25) is 0 Å². The number of methoxy groups -OCH3 is 1. The first kappa shape index (κ1) is 10.1. The number of rotatable bonds is 1. The topological polar surface area (TPSA) is 46.5 Å². The zero-order valence-electron chi connectivity index (χ0n) is 7.37. The number of hydrogen-bond donors (Lipinski definition) is 1. The van der Waals surface area contributed by atoms with E-state index in [0.717, 1.165) is 6.07 Å². The summed E-state index contributed by atoms with van der Waals surface area (Å²) in [6.45, 7) is 0. The van der Waals surface area contributed by atoms with Crippen LogP contribution < -0.4 is 4.74 Å². The van der Waals surface area contributed by atoms with Crippen LogP contribution in [-0.2, 0) is 4.79 Å². The van der Waals surface area contributed by atoms with Gasteiger partial charge in [-0.25, -0.2) is 9.18 Å². The highest BCUT2D eigenvalue weighted by atomic mass is 19.1. The van der Waals surface area contributed by atoms with Gasteiger partial charge in [-0.15, -0.1) is 0 Å². The molecule has 0 aliphatic heterocycles. The number of carbonyl (C=O) groups is 1. The summed E-state index contributed by atoms with van der Waals surface area (Å²) in [7, 11) is 1.40. The van der Waals surface area contributed by atoms with Gasteiger partial charge in [0.1, 0.15) is 11.6 Å².